The largest absolute Gasteiger partial charge is 0.303 e. The Morgan fingerprint density at radius 3 is 2.86 bits per heavy atom. The van der Waals surface area contributed by atoms with Gasteiger partial charge in [0.25, 0.3) is 0 Å². The summed E-state index contributed by atoms with van der Waals surface area (Å²) in [5.74, 6) is 0.973. The highest BCUT2D eigenvalue weighted by molar-refractivity contribution is 9.09. The zero-order valence-electron chi connectivity index (χ0n) is 9.47. The van der Waals surface area contributed by atoms with Crippen LogP contribution in [0, 0.1) is 5.92 Å². The Labute approximate surface area is 97.4 Å². The summed E-state index contributed by atoms with van der Waals surface area (Å²) >= 11 is 3.53. The molecule has 0 saturated carbocycles. The van der Waals surface area contributed by atoms with Gasteiger partial charge in [0.15, 0.2) is 0 Å². The maximum Gasteiger partial charge on any atom is 0.00344 e. The summed E-state index contributed by atoms with van der Waals surface area (Å²) in [6.45, 7) is 6.34. The third-order valence-corrected chi connectivity index (χ3v) is 3.67. The van der Waals surface area contributed by atoms with Crippen molar-refractivity contribution in [1.29, 1.82) is 0 Å². The van der Waals surface area contributed by atoms with Crippen LogP contribution in [0.25, 0.3) is 0 Å². The Hall–Kier alpha value is 0.440. The highest BCUT2D eigenvalue weighted by Crippen LogP contribution is 2.20. The molecule has 0 aliphatic carbocycles. The van der Waals surface area contributed by atoms with Crippen molar-refractivity contribution in [3.05, 3.63) is 0 Å². The second kappa shape index (κ2) is 7.70. The first-order chi connectivity index (χ1) is 6.86. The normalized spacial score (nSPS) is 23.1. The third-order valence-electron chi connectivity index (χ3n) is 3.22. The number of alkyl halides is 1. The summed E-state index contributed by atoms with van der Waals surface area (Å²) in [4.78, 5) is 2.66. The molecular formula is C12H24BrN. The second-order valence-corrected chi connectivity index (χ2v) is 5.29. The van der Waals surface area contributed by atoms with Crippen LogP contribution in [0.3, 0.4) is 0 Å². The smallest absolute Gasteiger partial charge is 0.00344 e. The van der Waals surface area contributed by atoms with Crippen molar-refractivity contribution in [3.8, 4) is 0 Å². The van der Waals surface area contributed by atoms with Gasteiger partial charge in [-0.1, -0.05) is 42.1 Å². The van der Waals surface area contributed by atoms with Crippen LogP contribution in [0.15, 0.2) is 0 Å². The summed E-state index contributed by atoms with van der Waals surface area (Å²) in [7, 11) is 0. The van der Waals surface area contributed by atoms with Crippen LogP contribution in [0.2, 0.25) is 0 Å². The van der Waals surface area contributed by atoms with E-state index < -0.39 is 0 Å². The van der Waals surface area contributed by atoms with E-state index in [0.717, 1.165) is 5.92 Å². The molecule has 0 aromatic heterocycles. The molecule has 1 heterocycles. The molecule has 84 valence electrons. The average molecular weight is 262 g/mol. The molecular weight excluding hydrogens is 238 g/mol. The fourth-order valence-corrected chi connectivity index (χ4v) is 2.92. The monoisotopic (exact) mass is 261 g/mol. The van der Waals surface area contributed by atoms with Crippen molar-refractivity contribution in [2.24, 2.45) is 5.92 Å². The molecule has 0 bridgehead atoms. The topological polar surface area (TPSA) is 3.24 Å². The summed E-state index contributed by atoms with van der Waals surface area (Å²) in [5, 5.41) is 1.18. The number of hydrogen-bond donors (Lipinski definition) is 0. The number of hydrogen-bond acceptors (Lipinski definition) is 1. The Morgan fingerprint density at radius 1 is 1.29 bits per heavy atom. The minimum Gasteiger partial charge on any atom is -0.303 e. The Morgan fingerprint density at radius 2 is 2.14 bits per heavy atom. The lowest BCUT2D eigenvalue weighted by Crippen LogP contribution is -2.21. The molecule has 0 aromatic carbocycles. The fourth-order valence-electron chi connectivity index (χ4n) is 2.27. The lowest BCUT2D eigenvalue weighted by molar-refractivity contribution is 0.314. The molecule has 1 unspecified atom stereocenters. The van der Waals surface area contributed by atoms with Crippen molar-refractivity contribution in [1.82, 2.24) is 4.90 Å². The van der Waals surface area contributed by atoms with Gasteiger partial charge in [-0.3, -0.25) is 0 Å². The van der Waals surface area contributed by atoms with Gasteiger partial charge in [0.2, 0.25) is 0 Å². The van der Waals surface area contributed by atoms with E-state index in [9.17, 15) is 0 Å². The van der Waals surface area contributed by atoms with Gasteiger partial charge in [0, 0.05) is 11.9 Å². The summed E-state index contributed by atoms with van der Waals surface area (Å²) in [5.41, 5.74) is 0. The van der Waals surface area contributed by atoms with Crippen LogP contribution in [0.1, 0.15) is 45.4 Å². The molecule has 1 saturated heterocycles. The zero-order chi connectivity index (χ0) is 10.2. The van der Waals surface area contributed by atoms with Gasteiger partial charge in [-0.15, -0.1) is 0 Å². The zero-order valence-corrected chi connectivity index (χ0v) is 11.1. The van der Waals surface area contributed by atoms with Gasteiger partial charge >= 0.3 is 0 Å². The Kier molecular flexibility index (Phi) is 6.88. The van der Waals surface area contributed by atoms with Gasteiger partial charge in [-0.2, -0.15) is 0 Å². The molecule has 1 aliphatic heterocycles. The third kappa shape index (κ3) is 4.79. The molecule has 2 heteroatoms. The van der Waals surface area contributed by atoms with E-state index in [4.69, 9.17) is 0 Å². The lowest BCUT2D eigenvalue weighted by atomic mass is 10.1. The van der Waals surface area contributed by atoms with Crippen molar-refractivity contribution >= 4 is 15.9 Å². The first-order valence-electron chi connectivity index (χ1n) is 6.15. The maximum atomic E-state index is 3.53. The van der Waals surface area contributed by atoms with E-state index in [2.05, 4.69) is 27.8 Å². The highest BCUT2D eigenvalue weighted by Gasteiger charge is 2.20. The van der Waals surface area contributed by atoms with E-state index in [0.29, 0.717) is 0 Å². The van der Waals surface area contributed by atoms with Crippen LogP contribution < -0.4 is 0 Å². The molecule has 1 rings (SSSR count). The van der Waals surface area contributed by atoms with Crippen molar-refractivity contribution in [2.45, 2.75) is 45.4 Å². The SMILES string of the molecule is CCCCCCN1CCC(CCBr)C1. The van der Waals surface area contributed by atoms with Gasteiger partial charge in [-0.25, -0.2) is 0 Å². The van der Waals surface area contributed by atoms with Crippen molar-refractivity contribution in [3.63, 3.8) is 0 Å². The molecule has 1 atom stereocenters. The molecule has 0 radical (unpaired) electrons. The van der Waals surface area contributed by atoms with Gasteiger partial charge < -0.3 is 4.90 Å². The van der Waals surface area contributed by atoms with Gasteiger partial charge in [-0.05, 0) is 38.3 Å². The average Bonchev–Trinajstić information content (AvgIpc) is 2.61. The van der Waals surface area contributed by atoms with Crippen molar-refractivity contribution < 1.29 is 0 Å². The number of halogens is 1. The van der Waals surface area contributed by atoms with E-state index in [-0.39, 0.29) is 0 Å². The quantitative estimate of drug-likeness (QED) is 0.500. The number of likely N-dealkylation sites (tertiary alicyclic amines) is 1. The van der Waals surface area contributed by atoms with Gasteiger partial charge in [0.05, 0.1) is 0 Å². The van der Waals surface area contributed by atoms with E-state index in [1.165, 1.54) is 63.5 Å². The van der Waals surface area contributed by atoms with Crippen LogP contribution in [0.4, 0.5) is 0 Å². The number of nitrogens with zero attached hydrogens (tertiary/aromatic N) is 1. The minimum atomic E-state index is 0.973. The molecule has 1 nitrogen and oxygen atoms in total. The standard InChI is InChI=1S/C12H24BrN/c1-2-3-4-5-9-14-10-7-12(11-14)6-8-13/h12H,2-11H2,1H3. The van der Waals surface area contributed by atoms with E-state index in [1.54, 1.807) is 0 Å². The van der Waals surface area contributed by atoms with E-state index >= 15 is 0 Å². The maximum absolute atomic E-state index is 3.53. The van der Waals surface area contributed by atoms with Crippen LogP contribution in [-0.4, -0.2) is 29.9 Å². The van der Waals surface area contributed by atoms with Gasteiger partial charge in [0.1, 0.15) is 0 Å². The summed E-state index contributed by atoms with van der Waals surface area (Å²) in [6, 6.07) is 0. The first kappa shape index (κ1) is 12.5. The molecule has 0 aromatic rings. The van der Waals surface area contributed by atoms with Crippen LogP contribution in [0.5, 0.6) is 0 Å². The molecule has 14 heavy (non-hydrogen) atoms. The number of unbranched alkanes of at least 4 members (excludes halogenated alkanes) is 3. The molecule has 0 N–H and O–H groups in total. The lowest BCUT2D eigenvalue weighted by Gasteiger charge is -2.15. The summed E-state index contributed by atoms with van der Waals surface area (Å²) in [6.07, 6.45) is 8.40. The van der Waals surface area contributed by atoms with Crippen LogP contribution >= 0.6 is 15.9 Å². The minimum absolute atomic E-state index is 0.973. The summed E-state index contributed by atoms with van der Waals surface area (Å²) < 4.78 is 0. The Bertz CT molecular complexity index is 138. The molecule has 0 spiro atoms. The molecule has 0 amide bonds. The predicted octanol–water partition coefficient (Wildman–Crippen LogP) is 3.67. The first-order valence-corrected chi connectivity index (χ1v) is 7.27. The number of rotatable bonds is 7. The fraction of sp³-hybridized carbons (Fsp3) is 1.00. The second-order valence-electron chi connectivity index (χ2n) is 4.49. The Balaban J connectivity index is 1.98. The molecule has 1 aliphatic rings. The highest BCUT2D eigenvalue weighted by atomic mass is 79.9. The molecule has 1 fully saturated rings. The van der Waals surface area contributed by atoms with Crippen molar-refractivity contribution in [2.75, 3.05) is 25.0 Å². The predicted molar refractivity (Wildman–Crippen MR) is 67.1 cm³/mol. The van der Waals surface area contributed by atoms with Crippen LogP contribution in [-0.2, 0) is 0 Å². The van der Waals surface area contributed by atoms with E-state index in [1.807, 2.05) is 0 Å².